The van der Waals surface area contributed by atoms with Gasteiger partial charge in [-0.25, -0.2) is 9.69 Å². The molecule has 5 rings (SSSR count). The molecule has 0 saturated carbocycles. The van der Waals surface area contributed by atoms with Gasteiger partial charge in [-0.1, -0.05) is 90.0 Å². The van der Waals surface area contributed by atoms with Crippen LogP contribution >= 0.6 is 0 Å². The van der Waals surface area contributed by atoms with E-state index >= 15 is 0 Å². The zero-order chi connectivity index (χ0) is 26.9. The quantitative estimate of drug-likeness (QED) is 0.316. The molecule has 1 aliphatic rings. The molecule has 2 atom stereocenters. The van der Waals surface area contributed by atoms with Gasteiger partial charge in [0.2, 0.25) is 0 Å². The second-order valence-corrected chi connectivity index (χ2v) is 9.99. The summed E-state index contributed by atoms with van der Waals surface area (Å²) >= 11 is 0. The van der Waals surface area contributed by atoms with Gasteiger partial charge in [0, 0.05) is 11.1 Å². The van der Waals surface area contributed by atoms with Crippen molar-refractivity contribution < 1.29 is 19.2 Å². The Kier molecular flexibility index (Phi) is 6.77. The highest BCUT2D eigenvalue weighted by molar-refractivity contribution is 6.01. The van der Waals surface area contributed by atoms with Gasteiger partial charge < -0.3 is 9.84 Å². The van der Waals surface area contributed by atoms with Crippen LogP contribution in [0.2, 0.25) is 0 Å². The third-order valence-electron chi connectivity index (χ3n) is 7.51. The van der Waals surface area contributed by atoms with Crippen molar-refractivity contribution in [2.45, 2.75) is 32.0 Å². The molecule has 0 aliphatic carbocycles. The molecular formula is C33H33N2O3+. The monoisotopic (exact) mass is 505 g/mol. The summed E-state index contributed by atoms with van der Waals surface area (Å²) in [5.41, 5.74) is 4.45. The Morgan fingerprint density at radius 1 is 0.895 bits per heavy atom. The average molecular weight is 506 g/mol. The van der Waals surface area contributed by atoms with E-state index < -0.39 is 17.6 Å². The Morgan fingerprint density at radius 2 is 1.58 bits per heavy atom. The molecule has 0 amide bonds. The Bertz CT molecular complexity index is 1480. The summed E-state index contributed by atoms with van der Waals surface area (Å²) in [6.45, 7) is 4.49. The number of nitrogens with zero attached hydrogens (tertiary/aromatic N) is 2. The lowest BCUT2D eigenvalue weighted by Gasteiger charge is -2.35. The summed E-state index contributed by atoms with van der Waals surface area (Å²) in [7, 11) is 3.65. The maximum atomic E-state index is 13.8. The van der Waals surface area contributed by atoms with Crippen molar-refractivity contribution in [3.05, 3.63) is 137 Å². The minimum absolute atomic E-state index is 0.426. The maximum Gasteiger partial charge on any atom is 0.362 e. The number of aliphatic carboxylic acids is 1. The normalized spacial score (nSPS) is 19.1. The van der Waals surface area contributed by atoms with Crippen molar-refractivity contribution in [2.75, 3.05) is 14.2 Å². The first kappa shape index (κ1) is 25.3. The molecule has 1 heterocycles. The van der Waals surface area contributed by atoms with Crippen molar-refractivity contribution in [3.63, 3.8) is 0 Å². The molecule has 0 fully saturated rings. The Labute approximate surface area is 224 Å². The first-order valence-electron chi connectivity index (χ1n) is 12.8. The van der Waals surface area contributed by atoms with E-state index in [9.17, 15) is 9.90 Å². The van der Waals surface area contributed by atoms with Crippen molar-refractivity contribution >= 4 is 11.8 Å². The smallest absolute Gasteiger partial charge is 0.362 e. The number of carboxylic acid groups (broad SMARTS) is 1. The van der Waals surface area contributed by atoms with E-state index in [-0.39, 0.29) is 0 Å². The second kappa shape index (κ2) is 10.2. The predicted octanol–water partition coefficient (Wildman–Crippen LogP) is 5.94. The van der Waals surface area contributed by atoms with E-state index in [0.717, 1.165) is 45.0 Å². The van der Waals surface area contributed by atoms with E-state index in [1.54, 1.807) is 7.11 Å². The van der Waals surface area contributed by atoms with Crippen LogP contribution in [-0.4, -0.2) is 40.5 Å². The number of likely N-dealkylation sites (N-methyl/N-ethyl adjacent to an activating group) is 1. The lowest BCUT2D eigenvalue weighted by Crippen LogP contribution is -2.53. The van der Waals surface area contributed by atoms with Crippen molar-refractivity contribution in [1.29, 1.82) is 0 Å². The molecule has 38 heavy (non-hydrogen) atoms. The van der Waals surface area contributed by atoms with Crippen LogP contribution in [0.1, 0.15) is 39.4 Å². The van der Waals surface area contributed by atoms with Crippen LogP contribution in [0.5, 0.6) is 5.75 Å². The van der Waals surface area contributed by atoms with Crippen molar-refractivity contribution in [1.82, 2.24) is 4.90 Å². The van der Waals surface area contributed by atoms with Gasteiger partial charge in [-0.2, -0.15) is 0 Å². The van der Waals surface area contributed by atoms with Gasteiger partial charge in [-0.3, -0.25) is 4.58 Å². The number of rotatable bonds is 7. The minimum atomic E-state index is -1.39. The fourth-order valence-corrected chi connectivity index (χ4v) is 5.75. The summed E-state index contributed by atoms with van der Waals surface area (Å²) in [6, 6.07) is 33.6. The molecule has 0 bridgehead atoms. The zero-order valence-electron chi connectivity index (χ0n) is 22.3. The summed E-state index contributed by atoms with van der Waals surface area (Å²) in [5, 5.41) is 11.3. The average Bonchev–Trinajstić information content (AvgIpc) is 3.18. The zero-order valence-corrected chi connectivity index (χ0v) is 22.3. The van der Waals surface area contributed by atoms with Crippen LogP contribution in [0.4, 0.5) is 0 Å². The number of ether oxygens (including phenoxy) is 1. The SMILES string of the molecule is COc1ccc(C2=[N+](C)C(c3cccc(C)c3)C(C(=O)O)(c3ccc(C)cc3)N2Cc2ccccc2)cc1. The van der Waals surface area contributed by atoms with Crippen molar-refractivity contribution in [3.8, 4) is 5.75 Å². The lowest BCUT2D eigenvalue weighted by atomic mass is 9.78. The van der Waals surface area contributed by atoms with E-state index in [4.69, 9.17) is 4.74 Å². The van der Waals surface area contributed by atoms with Crippen LogP contribution < -0.4 is 4.74 Å². The second-order valence-electron chi connectivity index (χ2n) is 9.99. The number of amidine groups is 1. The van der Waals surface area contributed by atoms with Crippen LogP contribution in [0, 0.1) is 13.8 Å². The number of methoxy groups -OCH3 is 1. The molecule has 1 N–H and O–H groups in total. The fourth-order valence-electron chi connectivity index (χ4n) is 5.75. The van der Waals surface area contributed by atoms with Gasteiger partial charge in [-0.05, 0) is 43.7 Å². The van der Waals surface area contributed by atoms with Gasteiger partial charge in [0.1, 0.15) is 12.3 Å². The molecular weight excluding hydrogens is 472 g/mol. The molecule has 0 saturated heterocycles. The molecule has 4 aromatic rings. The fraction of sp³-hybridized carbons (Fsp3) is 0.212. The lowest BCUT2D eigenvalue weighted by molar-refractivity contribution is -0.543. The minimum Gasteiger partial charge on any atom is -0.497 e. The van der Waals surface area contributed by atoms with E-state index in [1.165, 1.54) is 0 Å². The Hall–Kier alpha value is -4.38. The first-order valence-corrected chi connectivity index (χ1v) is 12.8. The highest BCUT2D eigenvalue weighted by atomic mass is 16.5. The van der Waals surface area contributed by atoms with Gasteiger partial charge in [0.05, 0.1) is 19.7 Å². The van der Waals surface area contributed by atoms with E-state index in [0.29, 0.717) is 6.54 Å². The standard InChI is InChI=1S/C33H32N2O3/c1-23-13-17-28(18-14-23)33(32(36)37)30(27-12-8-9-24(2)21-27)34(3)31(26-15-19-29(38-4)20-16-26)35(33)22-25-10-6-5-7-11-25/h5-21,30H,22H2,1-4H3/p+1. The highest BCUT2D eigenvalue weighted by Gasteiger charge is 2.66. The molecule has 0 radical (unpaired) electrons. The van der Waals surface area contributed by atoms with Crippen LogP contribution in [0.15, 0.2) is 103 Å². The predicted molar refractivity (Wildman–Crippen MR) is 150 cm³/mol. The summed E-state index contributed by atoms with van der Waals surface area (Å²) in [4.78, 5) is 15.9. The first-order chi connectivity index (χ1) is 18.4. The maximum absolute atomic E-state index is 13.8. The Morgan fingerprint density at radius 3 is 2.18 bits per heavy atom. The Balaban J connectivity index is 1.84. The topological polar surface area (TPSA) is 52.8 Å². The van der Waals surface area contributed by atoms with Gasteiger partial charge in [0.15, 0.2) is 6.04 Å². The van der Waals surface area contributed by atoms with E-state index in [1.807, 2.05) is 118 Å². The highest BCUT2D eigenvalue weighted by Crippen LogP contribution is 2.49. The van der Waals surface area contributed by atoms with E-state index in [2.05, 4.69) is 15.5 Å². The molecule has 192 valence electrons. The number of carboxylic acids is 1. The molecule has 0 spiro atoms. The third-order valence-corrected chi connectivity index (χ3v) is 7.51. The molecule has 2 unspecified atom stereocenters. The molecule has 5 nitrogen and oxygen atoms in total. The van der Waals surface area contributed by atoms with Crippen LogP contribution in [0.3, 0.4) is 0 Å². The molecule has 5 heteroatoms. The van der Waals surface area contributed by atoms with Gasteiger partial charge in [0.25, 0.3) is 11.4 Å². The number of hydrogen-bond donors (Lipinski definition) is 1. The third kappa shape index (κ3) is 4.24. The largest absolute Gasteiger partial charge is 0.497 e. The van der Waals surface area contributed by atoms with Crippen LogP contribution in [-0.2, 0) is 16.9 Å². The van der Waals surface area contributed by atoms with Crippen LogP contribution in [0.25, 0.3) is 0 Å². The molecule has 1 aliphatic heterocycles. The van der Waals surface area contributed by atoms with Gasteiger partial charge >= 0.3 is 5.97 Å². The number of hydrogen-bond acceptors (Lipinski definition) is 3. The molecule has 4 aromatic carbocycles. The summed E-state index contributed by atoms with van der Waals surface area (Å²) in [5.74, 6) is 0.716. The number of benzene rings is 4. The summed E-state index contributed by atoms with van der Waals surface area (Å²) in [6.07, 6.45) is 0. The number of aryl methyl sites for hydroxylation is 2. The van der Waals surface area contributed by atoms with Gasteiger partial charge in [-0.15, -0.1) is 0 Å². The number of carbonyl (C=O) groups is 1. The molecule has 0 aromatic heterocycles. The van der Waals surface area contributed by atoms with Crippen molar-refractivity contribution in [2.24, 2.45) is 0 Å². The summed E-state index contributed by atoms with van der Waals surface area (Å²) < 4.78 is 7.55.